The van der Waals surface area contributed by atoms with Crippen LogP contribution in [-0.4, -0.2) is 38.6 Å². The number of hydrogen-bond acceptors (Lipinski definition) is 3. The quantitative estimate of drug-likeness (QED) is 0.331. The van der Waals surface area contributed by atoms with E-state index >= 15 is 0 Å². The summed E-state index contributed by atoms with van der Waals surface area (Å²) in [5, 5.41) is 0.223. The summed E-state index contributed by atoms with van der Waals surface area (Å²) < 4.78 is 27.7. The summed E-state index contributed by atoms with van der Waals surface area (Å²) >= 11 is 13.0. The standard InChI is InChI=1S/C24H23Br2ClN2O3S/c1-29(24(30)18-7-12-22(27)23(15-18)28-33(2,31)32)21(13-16-3-8-19(25)9-4-16)14-17-5-10-20(26)11-6-17/h3-12,15,21,28H,13-14H2,1-2H3. The Morgan fingerprint density at radius 1 is 0.939 bits per heavy atom. The summed E-state index contributed by atoms with van der Waals surface area (Å²) in [7, 11) is -1.77. The van der Waals surface area contributed by atoms with Crippen molar-refractivity contribution in [1.82, 2.24) is 4.90 Å². The molecular formula is C24H23Br2ClN2O3S. The minimum absolute atomic E-state index is 0.123. The van der Waals surface area contributed by atoms with Gasteiger partial charge in [-0.15, -0.1) is 0 Å². The number of rotatable bonds is 8. The highest BCUT2D eigenvalue weighted by atomic mass is 79.9. The number of nitrogens with one attached hydrogen (secondary N) is 1. The molecule has 1 amide bonds. The zero-order valence-electron chi connectivity index (χ0n) is 18.1. The van der Waals surface area contributed by atoms with Crippen molar-refractivity contribution in [3.8, 4) is 0 Å². The molecule has 0 heterocycles. The molecule has 0 spiro atoms. The van der Waals surface area contributed by atoms with Gasteiger partial charge in [0.2, 0.25) is 10.0 Å². The maximum Gasteiger partial charge on any atom is 0.253 e. The van der Waals surface area contributed by atoms with Crippen molar-refractivity contribution >= 4 is 65.1 Å². The van der Waals surface area contributed by atoms with E-state index in [4.69, 9.17) is 11.6 Å². The van der Waals surface area contributed by atoms with Crippen LogP contribution in [0.1, 0.15) is 21.5 Å². The van der Waals surface area contributed by atoms with Crippen molar-refractivity contribution in [2.75, 3.05) is 18.0 Å². The molecule has 0 aliphatic carbocycles. The molecule has 0 atom stereocenters. The van der Waals surface area contributed by atoms with E-state index in [2.05, 4.69) is 36.6 Å². The summed E-state index contributed by atoms with van der Waals surface area (Å²) in [4.78, 5) is 15.1. The fourth-order valence-corrected chi connectivity index (χ4v) is 4.75. The van der Waals surface area contributed by atoms with Gasteiger partial charge in [-0.3, -0.25) is 9.52 Å². The van der Waals surface area contributed by atoms with Crippen LogP contribution in [0, 0.1) is 0 Å². The molecule has 3 aromatic rings. The fourth-order valence-electron chi connectivity index (χ4n) is 3.44. The number of likely N-dealkylation sites (N-methyl/N-ethyl adjacent to an activating group) is 1. The van der Waals surface area contributed by atoms with Gasteiger partial charge in [-0.05, 0) is 66.4 Å². The molecule has 0 unspecified atom stereocenters. The Kier molecular flexibility index (Phi) is 8.61. The van der Waals surface area contributed by atoms with E-state index in [0.29, 0.717) is 18.4 Å². The highest BCUT2D eigenvalue weighted by molar-refractivity contribution is 9.10. The third kappa shape index (κ3) is 7.57. The first-order valence-corrected chi connectivity index (χ1v) is 13.9. The summed E-state index contributed by atoms with van der Waals surface area (Å²) in [6.45, 7) is 0. The molecule has 0 saturated heterocycles. The second-order valence-corrected chi connectivity index (χ2v) is 11.8. The molecular weight excluding hydrogens is 592 g/mol. The third-order valence-electron chi connectivity index (χ3n) is 5.15. The molecule has 0 radical (unpaired) electrons. The third-order valence-corrected chi connectivity index (χ3v) is 7.12. The molecule has 3 rings (SSSR count). The van der Waals surface area contributed by atoms with Crippen molar-refractivity contribution in [2.24, 2.45) is 0 Å². The van der Waals surface area contributed by atoms with Crippen molar-refractivity contribution in [2.45, 2.75) is 18.9 Å². The molecule has 9 heteroatoms. The lowest BCUT2D eigenvalue weighted by Crippen LogP contribution is -2.40. The van der Waals surface area contributed by atoms with E-state index in [1.165, 1.54) is 12.1 Å². The van der Waals surface area contributed by atoms with Crippen LogP contribution in [-0.2, 0) is 22.9 Å². The zero-order valence-corrected chi connectivity index (χ0v) is 22.8. The first-order chi connectivity index (χ1) is 15.5. The number of anilines is 1. The lowest BCUT2D eigenvalue weighted by molar-refractivity contribution is 0.0730. The van der Waals surface area contributed by atoms with Gasteiger partial charge in [-0.2, -0.15) is 0 Å². The summed E-state index contributed by atoms with van der Waals surface area (Å²) in [6, 6.07) is 20.5. The topological polar surface area (TPSA) is 66.5 Å². The van der Waals surface area contributed by atoms with Crippen LogP contribution in [0.5, 0.6) is 0 Å². The summed E-state index contributed by atoms with van der Waals surface area (Å²) in [6.07, 6.45) is 2.36. The molecule has 174 valence electrons. The number of benzene rings is 3. The number of amides is 1. The number of nitrogens with zero attached hydrogens (tertiary/aromatic N) is 1. The number of carbonyl (C=O) groups excluding carboxylic acids is 1. The van der Waals surface area contributed by atoms with Crippen LogP contribution in [0.4, 0.5) is 5.69 Å². The SMILES string of the molecule is CN(C(=O)c1ccc(Cl)c(NS(C)(=O)=O)c1)C(Cc1ccc(Br)cc1)Cc1ccc(Br)cc1. The molecule has 3 aromatic carbocycles. The monoisotopic (exact) mass is 612 g/mol. The lowest BCUT2D eigenvalue weighted by atomic mass is 9.97. The molecule has 0 aliphatic rings. The highest BCUT2D eigenvalue weighted by Crippen LogP contribution is 2.26. The largest absolute Gasteiger partial charge is 0.338 e. The van der Waals surface area contributed by atoms with E-state index in [0.717, 1.165) is 26.3 Å². The van der Waals surface area contributed by atoms with Crippen LogP contribution in [0.3, 0.4) is 0 Å². The second kappa shape index (κ2) is 11.0. The normalized spacial score (nSPS) is 11.5. The van der Waals surface area contributed by atoms with E-state index in [1.807, 2.05) is 48.5 Å². The second-order valence-electron chi connectivity index (χ2n) is 7.80. The molecule has 0 aliphatic heterocycles. The smallest absolute Gasteiger partial charge is 0.253 e. The Hall–Kier alpha value is -1.87. The minimum Gasteiger partial charge on any atom is -0.338 e. The van der Waals surface area contributed by atoms with Crippen LogP contribution >= 0.6 is 43.5 Å². The van der Waals surface area contributed by atoms with Gasteiger partial charge < -0.3 is 4.90 Å². The summed E-state index contributed by atoms with van der Waals surface area (Å²) in [5.74, 6) is -0.220. The Labute approximate surface area is 216 Å². The first kappa shape index (κ1) is 25.7. The number of hydrogen-bond donors (Lipinski definition) is 1. The van der Waals surface area contributed by atoms with Crippen molar-refractivity contribution in [3.63, 3.8) is 0 Å². The number of sulfonamides is 1. The number of halogens is 3. The van der Waals surface area contributed by atoms with Gasteiger partial charge >= 0.3 is 0 Å². The maximum atomic E-state index is 13.4. The first-order valence-electron chi connectivity index (χ1n) is 10.1. The van der Waals surface area contributed by atoms with E-state index < -0.39 is 10.0 Å². The number of carbonyl (C=O) groups is 1. The van der Waals surface area contributed by atoms with Gasteiger partial charge in [0.1, 0.15) is 0 Å². The van der Waals surface area contributed by atoms with Gasteiger partial charge in [-0.1, -0.05) is 67.7 Å². The van der Waals surface area contributed by atoms with Gasteiger partial charge in [0.25, 0.3) is 5.91 Å². The Morgan fingerprint density at radius 3 is 1.88 bits per heavy atom. The van der Waals surface area contributed by atoms with Crippen molar-refractivity contribution in [1.29, 1.82) is 0 Å². The van der Waals surface area contributed by atoms with Gasteiger partial charge in [0.15, 0.2) is 0 Å². The van der Waals surface area contributed by atoms with Crippen LogP contribution in [0.15, 0.2) is 75.7 Å². The van der Waals surface area contributed by atoms with Crippen LogP contribution in [0.25, 0.3) is 0 Å². The molecule has 5 nitrogen and oxygen atoms in total. The highest BCUT2D eigenvalue weighted by Gasteiger charge is 2.23. The predicted octanol–water partition coefficient (Wildman–Crippen LogP) is 6.16. The summed E-state index contributed by atoms with van der Waals surface area (Å²) in [5.41, 5.74) is 2.74. The lowest BCUT2D eigenvalue weighted by Gasteiger charge is -2.29. The van der Waals surface area contributed by atoms with Crippen LogP contribution < -0.4 is 4.72 Å². The van der Waals surface area contributed by atoms with Gasteiger partial charge in [-0.25, -0.2) is 8.42 Å². The Morgan fingerprint density at radius 2 is 1.42 bits per heavy atom. The van der Waals surface area contributed by atoms with Crippen molar-refractivity contribution < 1.29 is 13.2 Å². The average molecular weight is 615 g/mol. The molecule has 33 heavy (non-hydrogen) atoms. The zero-order chi connectivity index (χ0) is 24.2. The maximum absolute atomic E-state index is 13.4. The van der Waals surface area contributed by atoms with Gasteiger partial charge in [0, 0.05) is 27.6 Å². The van der Waals surface area contributed by atoms with Crippen molar-refractivity contribution in [3.05, 3.63) is 97.4 Å². The van der Waals surface area contributed by atoms with Crippen LogP contribution in [0.2, 0.25) is 5.02 Å². The molecule has 0 saturated carbocycles. The minimum atomic E-state index is -3.53. The average Bonchev–Trinajstić information content (AvgIpc) is 2.76. The Balaban J connectivity index is 1.89. The van der Waals surface area contributed by atoms with E-state index in [9.17, 15) is 13.2 Å². The van der Waals surface area contributed by atoms with E-state index in [-0.39, 0.29) is 22.7 Å². The molecule has 0 fully saturated rings. The molecule has 0 aromatic heterocycles. The predicted molar refractivity (Wildman–Crippen MR) is 141 cm³/mol. The molecule has 1 N–H and O–H groups in total. The van der Waals surface area contributed by atoms with E-state index in [1.54, 1.807) is 18.0 Å². The van der Waals surface area contributed by atoms with Gasteiger partial charge in [0.05, 0.1) is 17.0 Å². The fraction of sp³-hybridized carbons (Fsp3) is 0.208. The molecule has 0 bridgehead atoms. The Bertz CT molecular complexity index is 1190.